The number of halogens is 1. The summed E-state index contributed by atoms with van der Waals surface area (Å²) in [4.78, 5) is 27.3. The first-order valence-electron chi connectivity index (χ1n) is 9.23. The van der Waals surface area contributed by atoms with E-state index in [1.54, 1.807) is 16.7 Å². The van der Waals surface area contributed by atoms with Crippen molar-refractivity contribution in [1.29, 1.82) is 0 Å². The SMILES string of the molecule is O=C(CCSc1ccc(Cl)cc1)NCc1ccc(C(=O)N2CCOCC2)cc1. The highest BCUT2D eigenvalue weighted by atomic mass is 35.5. The van der Waals surface area contributed by atoms with Crippen LogP contribution in [0.2, 0.25) is 5.02 Å². The van der Waals surface area contributed by atoms with Gasteiger partial charge in [0.15, 0.2) is 0 Å². The predicted octanol–water partition coefficient (Wildman–Crippen LogP) is 3.61. The molecule has 1 aliphatic rings. The van der Waals surface area contributed by atoms with E-state index in [4.69, 9.17) is 16.3 Å². The van der Waals surface area contributed by atoms with Crippen LogP contribution in [0.4, 0.5) is 0 Å². The lowest BCUT2D eigenvalue weighted by atomic mass is 10.1. The van der Waals surface area contributed by atoms with Crippen LogP contribution >= 0.6 is 23.4 Å². The molecule has 1 saturated heterocycles. The third kappa shape index (κ3) is 6.26. The van der Waals surface area contributed by atoms with Gasteiger partial charge in [-0.3, -0.25) is 9.59 Å². The average molecular weight is 419 g/mol. The zero-order chi connectivity index (χ0) is 19.8. The van der Waals surface area contributed by atoms with Crippen molar-refractivity contribution in [1.82, 2.24) is 10.2 Å². The molecule has 3 rings (SSSR count). The zero-order valence-corrected chi connectivity index (χ0v) is 17.1. The van der Waals surface area contributed by atoms with Gasteiger partial charge in [-0.15, -0.1) is 11.8 Å². The highest BCUT2D eigenvalue weighted by Gasteiger charge is 2.18. The Morgan fingerprint density at radius 3 is 2.39 bits per heavy atom. The molecule has 2 aromatic carbocycles. The van der Waals surface area contributed by atoms with E-state index in [0.717, 1.165) is 10.5 Å². The van der Waals surface area contributed by atoms with Gasteiger partial charge in [0.05, 0.1) is 13.2 Å². The Bertz CT molecular complexity index is 790. The molecule has 1 aliphatic heterocycles. The Hall–Kier alpha value is -2.02. The molecule has 0 unspecified atom stereocenters. The second kappa shape index (κ2) is 10.5. The number of hydrogen-bond donors (Lipinski definition) is 1. The number of carbonyl (C=O) groups is 2. The van der Waals surface area contributed by atoms with Crippen molar-refractivity contribution >= 4 is 35.2 Å². The van der Waals surface area contributed by atoms with Crippen molar-refractivity contribution in [3.05, 3.63) is 64.7 Å². The van der Waals surface area contributed by atoms with Crippen LogP contribution in [0.1, 0.15) is 22.3 Å². The van der Waals surface area contributed by atoms with E-state index in [2.05, 4.69) is 5.32 Å². The molecule has 2 amide bonds. The van der Waals surface area contributed by atoms with Crippen LogP contribution in [0.15, 0.2) is 53.4 Å². The molecule has 7 heteroatoms. The minimum Gasteiger partial charge on any atom is -0.378 e. The largest absolute Gasteiger partial charge is 0.378 e. The van der Waals surface area contributed by atoms with E-state index < -0.39 is 0 Å². The molecule has 1 fully saturated rings. The lowest BCUT2D eigenvalue weighted by Gasteiger charge is -2.26. The van der Waals surface area contributed by atoms with Gasteiger partial charge in [-0.2, -0.15) is 0 Å². The van der Waals surface area contributed by atoms with E-state index >= 15 is 0 Å². The fourth-order valence-electron chi connectivity index (χ4n) is 2.80. The Kier molecular flexibility index (Phi) is 7.77. The van der Waals surface area contributed by atoms with Crippen molar-refractivity contribution in [3.63, 3.8) is 0 Å². The first-order chi connectivity index (χ1) is 13.6. The normalized spacial score (nSPS) is 14.0. The van der Waals surface area contributed by atoms with Crippen molar-refractivity contribution < 1.29 is 14.3 Å². The maximum atomic E-state index is 12.4. The minimum absolute atomic E-state index is 0.00920. The molecular weight excluding hydrogens is 396 g/mol. The fraction of sp³-hybridized carbons (Fsp3) is 0.333. The topological polar surface area (TPSA) is 58.6 Å². The van der Waals surface area contributed by atoms with Gasteiger partial charge in [0.1, 0.15) is 0 Å². The van der Waals surface area contributed by atoms with Crippen LogP contribution in [0.5, 0.6) is 0 Å². The standard InChI is InChI=1S/C21H23ClN2O3S/c22-18-5-7-19(8-6-18)28-14-9-20(25)23-15-16-1-3-17(4-2-16)21(26)24-10-12-27-13-11-24/h1-8H,9-15H2,(H,23,25). The third-order valence-corrected chi connectivity index (χ3v) is 5.67. The smallest absolute Gasteiger partial charge is 0.254 e. The number of morpholine rings is 1. The van der Waals surface area contributed by atoms with Crippen LogP contribution in [0.25, 0.3) is 0 Å². The summed E-state index contributed by atoms with van der Waals surface area (Å²) in [6.45, 7) is 2.89. The lowest BCUT2D eigenvalue weighted by molar-refractivity contribution is -0.120. The van der Waals surface area contributed by atoms with Crippen molar-refractivity contribution in [2.45, 2.75) is 17.9 Å². The molecule has 0 bridgehead atoms. The Morgan fingerprint density at radius 1 is 1.04 bits per heavy atom. The number of thioether (sulfide) groups is 1. The second-order valence-electron chi connectivity index (χ2n) is 6.43. The molecule has 148 valence electrons. The summed E-state index contributed by atoms with van der Waals surface area (Å²) in [5.74, 6) is 0.744. The van der Waals surface area contributed by atoms with Gasteiger partial charge >= 0.3 is 0 Å². The van der Waals surface area contributed by atoms with E-state index in [1.807, 2.05) is 48.5 Å². The first kappa shape index (κ1) is 20.7. The average Bonchev–Trinajstić information content (AvgIpc) is 2.74. The number of ether oxygens (including phenoxy) is 1. The number of nitrogens with one attached hydrogen (secondary N) is 1. The number of carbonyl (C=O) groups excluding carboxylic acids is 2. The first-order valence-corrected chi connectivity index (χ1v) is 10.6. The Morgan fingerprint density at radius 2 is 1.71 bits per heavy atom. The summed E-state index contributed by atoms with van der Waals surface area (Å²) in [7, 11) is 0. The predicted molar refractivity (Wildman–Crippen MR) is 112 cm³/mol. The summed E-state index contributed by atoms with van der Waals surface area (Å²) in [6, 6.07) is 15.0. The minimum atomic E-state index is 0.00920. The van der Waals surface area contributed by atoms with Gasteiger partial charge in [0.25, 0.3) is 5.91 Å². The van der Waals surface area contributed by atoms with Crippen molar-refractivity contribution in [2.24, 2.45) is 0 Å². The third-order valence-electron chi connectivity index (χ3n) is 4.40. The van der Waals surface area contributed by atoms with Crippen LogP contribution in [-0.2, 0) is 16.1 Å². The van der Waals surface area contributed by atoms with E-state index in [0.29, 0.717) is 55.6 Å². The van der Waals surface area contributed by atoms with E-state index in [-0.39, 0.29) is 11.8 Å². The molecule has 28 heavy (non-hydrogen) atoms. The lowest BCUT2D eigenvalue weighted by Crippen LogP contribution is -2.40. The fourth-order valence-corrected chi connectivity index (χ4v) is 3.77. The van der Waals surface area contributed by atoms with Gasteiger partial charge in [-0.25, -0.2) is 0 Å². The summed E-state index contributed by atoms with van der Waals surface area (Å²) in [6.07, 6.45) is 0.445. The molecule has 2 aromatic rings. The molecule has 0 aliphatic carbocycles. The van der Waals surface area contributed by atoms with Gasteiger partial charge in [-0.1, -0.05) is 23.7 Å². The maximum absolute atomic E-state index is 12.4. The van der Waals surface area contributed by atoms with Crippen molar-refractivity contribution in [2.75, 3.05) is 32.1 Å². The van der Waals surface area contributed by atoms with Gasteiger partial charge < -0.3 is 15.0 Å². The molecule has 0 spiro atoms. The molecular formula is C21H23ClN2O3S. The molecule has 0 atom stereocenters. The maximum Gasteiger partial charge on any atom is 0.254 e. The highest BCUT2D eigenvalue weighted by Crippen LogP contribution is 2.20. The number of hydrogen-bond acceptors (Lipinski definition) is 4. The van der Waals surface area contributed by atoms with Crippen LogP contribution < -0.4 is 5.32 Å². The van der Waals surface area contributed by atoms with Crippen LogP contribution in [-0.4, -0.2) is 48.8 Å². The summed E-state index contributed by atoms with van der Waals surface area (Å²) in [5.41, 5.74) is 1.63. The monoisotopic (exact) mass is 418 g/mol. The van der Waals surface area contributed by atoms with E-state index in [9.17, 15) is 9.59 Å². The van der Waals surface area contributed by atoms with Gasteiger partial charge in [-0.05, 0) is 42.0 Å². The molecule has 0 radical (unpaired) electrons. The van der Waals surface area contributed by atoms with Crippen LogP contribution in [0.3, 0.4) is 0 Å². The van der Waals surface area contributed by atoms with Gasteiger partial charge in [0, 0.05) is 47.3 Å². The Labute approximate surface area is 174 Å². The second-order valence-corrected chi connectivity index (χ2v) is 8.04. The Balaban J connectivity index is 1.39. The molecule has 0 aromatic heterocycles. The number of nitrogens with zero attached hydrogens (tertiary/aromatic N) is 1. The number of benzene rings is 2. The van der Waals surface area contributed by atoms with Crippen molar-refractivity contribution in [3.8, 4) is 0 Å². The zero-order valence-electron chi connectivity index (χ0n) is 15.5. The molecule has 1 heterocycles. The van der Waals surface area contributed by atoms with Gasteiger partial charge in [0.2, 0.25) is 5.91 Å². The summed E-state index contributed by atoms with van der Waals surface area (Å²) in [5, 5.41) is 3.63. The summed E-state index contributed by atoms with van der Waals surface area (Å²) < 4.78 is 5.28. The molecule has 1 N–H and O–H groups in total. The highest BCUT2D eigenvalue weighted by molar-refractivity contribution is 7.99. The van der Waals surface area contributed by atoms with Crippen LogP contribution in [0, 0.1) is 0 Å². The summed E-state index contributed by atoms with van der Waals surface area (Å²) >= 11 is 7.49. The van der Waals surface area contributed by atoms with E-state index in [1.165, 1.54) is 0 Å². The quantitative estimate of drug-likeness (QED) is 0.698. The molecule has 5 nitrogen and oxygen atoms in total. The number of rotatable bonds is 7. The molecule has 0 saturated carbocycles. The number of amides is 2.